The van der Waals surface area contributed by atoms with Gasteiger partial charge in [0.25, 0.3) is 0 Å². The lowest BCUT2D eigenvalue weighted by Gasteiger charge is -2.20. The van der Waals surface area contributed by atoms with Crippen LogP contribution in [-0.2, 0) is 4.79 Å². The average Bonchev–Trinajstić information content (AvgIpc) is 2.47. The Bertz CT molecular complexity index is 402. The molecule has 0 spiro atoms. The first-order valence-corrected chi connectivity index (χ1v) is 6.94. The SMILES string of the molecule is CCN(CC)CCNC(C(=O)O)c1ccc(OC)cc1. The molecule has 0 aliphatic carbocycles. The van der Waals surface area contributed by atoms with Crippen molar-refractivity contribution in [3.8, 4) is 5.75 Å². The Balaban J connectivity index is 2.62. The normalized spacial score (nSPS) is 12.4. The zero-order chi connectivity index (χ0) is 15.0. The van der Waals surface area contributed by atoms with Gasteiger partial charge in [0, 0.05) is 13.1 Å². The highest BCUT2D eigenvalue weighted by atomic mass is 16.5. The summed E-state index contributed by atoms with van der Waals surface area (Å²) in [5, 5.41) is 12.4. The molecule has 2 N–H and O–H groups in total. The summed E-state index contributed by atoms with van der Waals surface area (Å²) >= 11 is 0. The Labute approximate surface area is 120 Å². The van der Waals surface area contributed by atoms with Crippen LogP contribution in [0.5, 0.6) is 5.75 Å². The van der Waals surface area contributed by atoms with Crippen molar-refractivity contribution in [3.63, 3.8) is 0 Å². The van der Waals surface area contributed by atoms with Crippen molar-refractivity contribution in [3.05, 3.63) is 29.8 Å². The van der Waals surface area contributed by atoms with Crippen molar-refractivity contribution in [1.29, 1.82) is 0 Å². The number of carbonyl (C=O) groups is 1. The minimum absolute atomic E-state index is 0.644. The van der Waals surface area contributed by atoms with Crippen LogP contribution in [0, 0.1) is 0 Å². The fourth-order valence-electron chi connectivity index (χ4n) is 2.05. The lowest BCUT2D eigenvalue weighted by Crippen LogP contribution is -2.36. The van der Waals surface area contributed by atoms with Crippen molar-refractivity contribution in [2.75, 3.05) is 33.3 Å². The Kier molecular flexibility index (Phi) is 7.04. The number of ether oxygens (including phenoxy) is 1. The molecule has 0 saturated heterocycles. The van der Waals surface area contributed by atoms with Crippen molar-refractivity contribution < 1.29 is 14.6 Å². The molecule has 0 saturated carbocycles. The van der Waals surface area contributed by atoms with Gasteiger partial charge < -0.3 is 14.7 Å². The fraction of sp³-hybridized carbons (Fsp3) is 0.533. The monoisotopic (exact) mass is 280 g/mol. The van der Waals surface area contributed by atoms with Crippen LogP contribution in [0.3, 0.4) is 0 Å². The minimum Gasteiger partial charge on any atom is -0.497 e. The van der Waals surface area contributed by atoms with E-state index in [1.54, 1.807) is 31.4 Å². The molecule has 0 amide bonds. The topological polar surface area (TPSA) is 61.8 Å². The van der Waals surface area contributed by atoms with Crippen LogP contribution in [0.2, 0.25) is 0 Å². The van der Waals surface area contributed by atoms with Crippen molar-refractivity contribution >= 4 is 5.97 Å². The Morgan fingerprint density at radius 2 is 1.90 bits per heavy atom. The Morgan fingerprint density at radius 1 is 1.30 bits per heavy atom. The molecular weight excluding hydrogens is 256 g/mol. The average molecular weight is 280 g/mol. The molecule has 5 nitrogen and oxygen atoms in total. The van der Waals surface area contributed by atoms with Gasteiger partial charge in [0.05, 0.1) is 7.11 Å². The van der Waals surface area contributed by atoms with Crippen LogP contribution in [0.25, 0.3) is 0 Å². The van der Waals surface area contributed by atoms with Gasteiger partial charge in [-0.25, -0.2) is 0 Å². The number of carboxylic acid groups (broad SMARTS) is 1. The van der Waals surface area contributed by atoms with Gasteiger partial charge >= 0.3 is 5.97 Å². The van der Waals surface area contributed by atoms with Crippen LogP contribution in [0.15, 0.2) is 24.3 Å². The molecule has 0 aliphatic heterocycles. The van der Waals surface area contributed by atoms with Gasteiger partial charge in [0.2, 0.25) is 0 Å². The first-order valence-electron chi connectivity index (χ1n) is 6.94. The van der Waals surface area contributed by atoms with Crippen LogP contribution in [0.1, 0.15) is 25.5 Å². The fourth-order valence-corrected chi connectivity index (χ4v) is 2.05. The molecule has 0 radical (unpaired) electrons. The summed E-state index contributed by atoms with van der Waals surface area (Å²) in [7, 11) is 1.59. The van der Waals surface area contributed by atoms with Gasteiger partial charge in [-0.1, -0.05) is 26.0 Å². The van der Waals surface area contributed by atoms with E-state index in [4.69, 9.17) is 4.74 Å². The minimum atomic E-state index is -0.866. The van der Waals surface area contributed by atoms with E-state index in [1.807, 2.05) is 0 Å². The maximum absolute atomic E-state index is 11.4. The second-order valence-corrected chi connectivity index (χ2v) is 4.53. The number of carboxylic acids is 1. The van der Waals surface area contributed by atoms with Gasteiger partial charge in [-0.3, -0.25) is 10.1 Å². The standard InChI is InChI=1S/C15H24N2O3/c1-4-17(5-2)11-10-16-14(15(18)19)12-6-8-13(20-3)9-7-12/h6-9,14,16H,4-5,10-11H2,1-3H3,(H,18,19). The predicted molar refractivity (Wildman–Crippen MR) is 79.2 cm³/mol. The summed E-state index contributed by atoms with van der Waals surface area (Å²) in [4.78, 5) is 13.6. The molecular formula is C15H24N2O3. The van der Waals surface area contributed by atoms with Crippen molar-refractivity contribution in [1.82, 2.24) is 10.2 Å². The summed E-state index contributed by atoms with van der Waals surface area (Å²) in [6.07, 6.45) is 0. The van der Waals surface area contributed by atoms with Gasteiger partial charge in [-0.2, -0.15) is 0 Å². The smallest absolute Gasteiger partial charge is 0.325 e. The number of benzene rings is 1. The molecule has 20 heavy (non-hydrogen) atoms. The molecule has 0 aromatic heterocycles. The third-order valence-electron chi connectivity index (χ3n) is 3.37. The van der Waals surface area contributed by atoms with E-state index in [2.05, 4.69) is 24.1 Å². The summed E-state index contributed by atoms with van der Waals surface area (Å²) in [6.45, 7) is 7.62. The highest BCUT2D eigenvalue weighted by Crippen LogP contribution is 2.17. The summed E-state index contributed by atoms with van der Waals surface area (Å²) in [6, 6.07) is 6.43. The number of nitrogens with one attached hydrogen (secondary N) is 1. The van der Waals surface area contributed by atoms with E-state index in [-0.39, 0.29) is 0 Å². The number of hydrogen-bond acceptors (Lipinski definition) is 4. The van der Waals surface area contributed by atoms with Crippen LogP contribution >= 0.6 is 0 Å². The van der Waals surface area contributed by atoms with Crippen molar-refractivity contribution in [2.45, 2.75) is 19.9 Å². The molecule has 0 fully saturated rings. The number of methoxy groups -OCH3 is 1. The number of hydrogen-bond donors (Lipinski definition) is 2. The van der Waals surface area contributed by atoms with Crippen LogP contribution < -0.4 is 10.1 Å². The zero-order valence-electron chi connectivity index (χ0n) is 12.4. The number of nitrogens with zero attached hydrogens (tertiary/aromatic N) is 1. The van der Waals surface area contributed by atoms with Crippen LogP contribution in [0.4, 0.5) is 0 Å². The number of aliphatic carboxylic acids is 1. The third-order valence-corrected chi connectivity index (χ3v) is 3.37. The zero-order valence-corrected chi connectivity index (χ0v) is 12.4. The molecule has 1 aromatic rings. The number of likely N-dealkylation sites (N-methyl/N-ethyl adjacent to an activating group) is 1. The lowest BCUT2D eigenvalue weighted by atomic mass is 10.1. The van der Waals surface area contributed by atoms with Crippen molar-refractivity contribution in [2.24, 2.45) is 0 Å². The molecule has 1 rings (SSSR count). The highest BCUT2D eigenvalue weighted by molar-refractivity contribution is 5.75. The van der Waals surface area contributed by atoms with Gasteiger partial charge in [0.15, 0.2) is 0 Å². The molecule has 5 heteroatoms. The quantitative estimate of drug-likeness (QED) is 0.721. The largest absolute Gasteiger partial charge is 0.497 e. The molecule has 1 unspecified atom stereocenters. The maximum atomic E-state index is 11.4. The Hall–Kier alpha value is -1.59. The van der Waals surface area contributed by atoms with Crippen LogP contribution in [-0.4, -0.2) is 49.3 Å². The predicted octanol–water partition coefficient (Wildman–Crippen LogP) is 1.75. The molecule has 0 heterocycles. The molecule has 1 aromatic carbocycles. The second-order valence-electron chi connectivity index (χ2n) is 4.53. The maximum Gasteiger partial charge on any atom is 0.325 e. The molecule has 112 valence electrons. The van der Waals surface area contributed by atoms with E-state index >= 15 is 0 Å². The second kappa shape index (κ2) is 8.55. The van der Waals surface area contributed by atoms with Gasteiger partial charge in [-0.15, -0.1) is 0 Å². The summed E-state index contributed by atoms with van der Waals surface area (Å²) in [5.41, 5.74) is 0.734. The molecule has 0 aliphatic rings. The van der Waals surface area contributed by atoms with Gasteiger partial charge in [0.1, 0.15) is 11.8 Å². The van der Waals surface area contributed by atoms with E-state index in [9.17, 15) is 9.90 Å². The summed E-state index contributed by atoms with van der Waals surface area (Å²) in [5.74, 6) is -0.143. The molecule has 1 atom stereocenters. The van der Waals surface area contributed by atoms with E-state index in [0.717, 1.165) is 30.9 Å². The van der Waals surface area contributed by atoms with Gasteiger partial charge in [-0.05, 0) is 30.8 Å². The van der Waals surface area contributed by atoms with E-state index in [1.165, 1.54) is 0 Å². The van der Waals surface area contributed by atoms with E-state index < -0.39 is 12.0 Å². The summed E-state index contributed by atoms with van der Waals surface area (Å²) < 4.78 is 5.08. The Morgan fingerprint density at radius 3 is 2.35 bits per heavy atom. The highest BCUT2D eigenvalue weighted by Gasteiger charge is 2.19. The first-order chi connectivity index (χ1) is 9.62. The molecule has 0 bridgehead atoms. The first kappa shape index (κ1) is 16.5. The van der Waals surface area contributed by atoms with E-state index in [0.29, 0.717) is 6.54 Å². The number of rotatable bonds is 9. The third kappa shape index (κ3) is 4.83. The lowest BCUT2D eigenvalue weighted by molar-refractivity contribution is -0.139.